The molecule has 1 atom stereocenters. The summed E-state index contributed by atoms with van der Waals surface area (Å²) in [7, 11) is 0. The van der Waals surface area contributed by atoms with Crippen LogP contribution in [0.25, 0.3) is 10.9 Å². The molecule has 1 unspecified atom stereocenters. The molecule has 0 amide bonds. The molecule has 180 valence electrons. The highest BCUT2D eigenvalue weighted by atomic mass is 19.1. The molecule has 3 aromatic carbocycles. The number of aliphatic imine (C=N–C) groups is 1. The molecule has 0 bridgehead atoms. The number of fused-ring (bicyclic) bond motifs is 1. The van der Waals surface area contributed by atoms with Gasteiger partial charge >= 0.3 is 5.97 Å². The minimum Gasteiger partial charge on any atom is -0.494 e. The fourth-order valence-electron chi connectivity index (χ4n) is 4.18. The average Bonchev–Trinajstić information content (AvgIpc) is 3.16. The number of carbonyl (C=O) groups is 1. The number of halogens is 1. The van der Waals surface area contributed by atoms with Gasteiger partial charge in [-0.05, 0) is 67.4 Å². The zero-order chi connectivity index (χ0) is 24.9. The third-order valence-electron chi connectivity index (χ3n) is 5.95. The maximum atomic E-state index is 13.8. The van der Waals surface area contributed by atoms with Gasteiger partial charge in [-0.3, -0.25) is 4.79 Å². The van der Waals surface area contributed by atoms with Crippen LogP contribution in [0, 0.1) is 5.82 Å². The molecule has 0 fully saturated rings. The molecule has 4 N–H and O–H groups in total. The second kappa shape index (κ2) is 10.5. The first kappa shape index (κ1) is 24.2. The number of benzene rings is 3. The first-order valence-electron chi connectivity index (χ1n) is 11.6. The molecule has 0 saturated heterocycles. The quantitative estimate of drug-likeness (QED) is 0.229. The van der Waals surface area contributed by atoms with Gasteiger partial charge in [0.25, 0.3) is 0 Å². The van der Waals surface area contributed by atoms with Crippen molar-refractivity contribution in [1.82, 2.24) is 10.3 Å². The largest absolute Gasteiger partial charge is 0.494 e. The van der Waals surface area contributed by atoms with Gasteiger partial charge in [-0.15, -0.1) is 0 Å². The maximum Gasteiger partial charge on any atom is 0.303 e. The summed E-state index contributed by atoms with van der Waals surface area (Å²) in [5, 5.41) is 23.9. The second-order valence-electron chi connectivity index (χ2n) is 8.46. The highest BCUT2D eigenvalue weighted by Gasteiger charge is 2.19. The molecule has 1 heterocycles. The molecular weight excluding hydrogens is 445 g/mol. The molecule has 0 radical (unpaired) electrons. The number of carboxylic acid groups (broad SMARTS) is 1. The molecular formula is C28H28FN3O3. The Kier molecular flexibility index (Phi) is 7.27. The number of aromatic hydroxyl groups is 1. The molecule has 4 rings (SSSR count). The van der Waals surface area contributed by atoms with E-state index in [1.807, 2.05) is 48.5 Å². The summed E-state index contributed by atoms with van der Waals surface area (Å²) < 4.78 is 13.8. The van der Waals surface area contributed by atoms with Crippen LogP contribution in [-0.4, -0.2) is 33.4 Å². The number of H-pyrrole nitrogens is 1. The molecule has 35 heavy (non-hydrogen) atoms. The highest BCUT2D eigenvalue weighted by molar-refractivity contribution is 6.21. The lowest BCUT2D eigenvalue weighted by atomic mass is 9.97. The van der Waals surface area contributed by atoms with Crippen LogP contribution in [0.4, 0.5) is 10.1 Å². The first-order valence-corrected chi connectivity index (χ1v) is 11.6. The number of nitrogens with zero attached hydrogens (tertiary/aromatic N) is 1. The Morgan fingerprint density at radius 3 is 2.60 bits per heavy atom. The van der Waals surface area contributed by atoms with Crippen molar-refractivity contribution in [1.29, 1.82) is 0 Å². The van der Waals surface area contributed by atoms with Crippen molar-refractivity contribution in [3.8, 4) is 5.88 Å². The van der Waals surface area contributed by atoms with Crippen LogP contribution < -0.4 is 5.32 Å². The Hall–Kier alpha value is -3.97. The minimum atomic E-state index is -0.868. The van der Waals surface area contributed by atoms with Crippen LogP contribution in [-0.2, 0) is 11.2 Å². The van der Waals surface area contributed by atoms with E-state index in [1.54, 1.807) is 6.07 Å². The number of carboxylic acids is 1. The van der Waals surface area contributed by atoms with E-state index in [2.05, 4.69) is 24.1 Å². The Labute approximate surface area is 203 Å². The molecule has 0 aliphatic carbocycles. The summed E-state index contributed by atoms with van der Waals surface area (Å²) in [4.78, 5) is 18.8. The van der Waals surface area contributed by atoms with E-state index in [4.69, 9.17) is 10.1 Å². The number of hydrogen-bond acceptors (Lipinski definition) is 4. The topological polar surface area (TPSA) is 97.7 Å². The number of aryl methyl sites for hydroxylation is 1. The molecule has 4 aromatic rings. The third-order valence-corrected chi connectivity index (χ3v) is 5.95. The van der Waals surface area contributed by atoms with Gasteiger partial charge in [0, 0.05) is 23.4 Å². The predicted octanol–water partition coefficient (Wildman–Crippen LogP) is 5.87. The summed E-state index contributed by atoms with van der Waals surface area (Å²) in [6, 6.07) is 19.8. The van der Waals surface area contributed by atoms with Crippen LogP contribution in [0.5, 0.6) is 5.88 Å². The summed E-state index contributed by atoms with van der Waals surface area (Å²) in [6.45, 7) is 5.02. The molecule has 0 aliphatic heterocycles. The van der Waals surface area contributed by atoms with Crippen molar-refractivity contribution < 1.29 is 19.4 Å². The van der Waals surface area contributed by atoms with E-state index < -0.39 is 11.8 Å². The minimum absolute atomic E-state index is 0.0129. The van der Waals surface area contributed by atoms with Crippen molar-refractivity contribution in [2.24, 2.45) is 4.99 Å². The van der Waals surface area contributed by atoms with Gasteiger partial charge in [-0.1, -0.05) is 37.3 Å². The van der Waals surface area contributed by atoms with Gasteiger partial charge in [0.1, 0.15) is 5.82 Å². The van der Waals surface area contributed by atoms with E-state index in [1.165, 1.54) is 12.1 Å². The molecule has 0 spiro atoms. The summed E-state index contributed by atoms with van der Waals surface area (Å²) in [6.07, 6.45) is 0.386. The standard InChI is InChI=1S/C28H28FN3O3/c1-3-30-17(2)19-8-11-22(12-9-19)31-27(20-6-4-5-18(15-20)7-14-25(33)34)26-23-13-10-21(29)16-24(23)32-28(26)35/h4-6,8-13,15-17,30,32,35H,3,7,14H2,1-2H3,(H,33,34). The number of nitrogens with one attached hydrogen (secondary N) is 2. The Balaban J connectivity index is 1.83. The van der Waals surface area contributed by atoms with Crippen LogP contribution in [0.15, 0.2) is 71.7 Å². The first-order chi connectivity index (χ1) is 16.9. The number of aromatic nitrogens is 1. The lowest BCUT2D eigenvalue weighted by Gasteiger charge is -2.13. The fraction of sp³-hybridized carbons (Fsp3) is 0.214. The number of rotatable bonds is 9. The summed E-state index contributed by atoms with van der Waals surface area (Å²) >= 11 is 0. The Bertz CT molecular complexity index is 1380. The molecule has 7 heteroatoms. The van der Waals surface area contributed by atoms with Gasteiger partial charge in [0.2, 0.25) is 0 Å². The van der Waals surface area contributed by atoms with Crippen LogP contribution in [0.1, 0.15) is 48.6 Å². The molecule has 0 saturated carbocycles. The van der Waals surface area contributed by atoms with Gasteiger partial charge in [0.05, 0.1) is 22.5 Å². The number of aromatic amines is 1. The van der Waals surface area contributed by atoms with Crippen LogP contribution >= 0.6 is 0 Å². The van der Waals surface area contributed by atoms with Gasteiger partial charge in [0.15, 0.2) is 5.88 Å². The monoisotopic (exact) mass is 473 g/mol. The predicted molar refractivity (Wildman–Crippen MR) is 136 cm³/mol. The normalized spacial score (nSPS) is 12.7. The molecule has 1 aromatic heterocycles. The van der Waals surface area contributed by atoms with E-state index in [-0.39, 0.29) is 18.3 Å². The van der Waals surface area contributed by atoms with Crippen molar-refractivity contribution in [2.75, 3.05) is 6.54 Å². The maximum absolute atomic E-state index is 13.8. The van der Waals surface area contributed by atoms with Crippen molar-refractivity contribution in [3.05, 3.63) is 94.8 Å². The highest BCUT2D eigenvalue weighted by Crippen LogP contribution is 2.32. The number of hydrogen-bond donors (Lipinski definition) is 4. The average molecular weight is 474 g/mol. The SMILES string of the molecule is CCNC(C)c1ccc(N=C(c2cccc(CCC(=O)O)c2)c2c(O)[nH]c3cc(F)ccc23)cc1. The van der Waals surface area contributed by atoms with E-state index in [0.29, 0.717) is 34.3 Å². The third kappa shape index (κ3) is 5.58. The van der Waals surface area contributed by atoms with Crippen molar-refractivity contribution in [3.63, 3.8) is 0 Å². The van der Waals surface area contributed by atoms with Gasteiger partial charge in [-0.25, -0.2) is 9.38 Å². The van der Waals surface area contributed by atoms with E-state index in [0.717, 1.165) is 23.2 Å². The summed E-state index contributed by atoms with van der Waals surface area (Å²) in [5.74, 6) is -1.39. The molecule has 0 aliphatic rings. The summed E-state index contributed by atoms with van der Waals surface area (Å²) in [5.41, 5.74) is 4.82. The zero-order valence-corrected chi connectivity index (χ0v) is 19.7. The lowest BCUT2D eigenvalue weighted by Crippen LogP contribution is -2.17. The lowest BCUT2D eigenvalue weighted by molar-refractivity contribution is -0.136. The fourth-order valence-corrected chi connectivity index (χ4v) is 4.18. The molecule has 6 nitrogen and oxygen atoms in total. The zero-order valence-electron chi connectivity index (χ0n) is 19.7. The van der Waals surface area contributed by atoms with Crippen LogP contribution in [0.3, 0.4) is 0 Å². The van der Waals surface area contributed by atoms with Gasteiger partial charge in [-0.2, -0.15) is 0 Å². The van der Waals surface area contributed by atoms with Gasteiger partial charge < -0.3 is 20.5 Å². The van der Waals surface area contributed by atoms with Crippen LogP contribution in [0.2, 0.25) is 0 Å². The smallest absolute Gasteiger partial charge is 0.303 e. The van der Waals surface area contributed by atoms with E-state index in [9.17, 15) is 14.3 Å². The Morgan fingerprint density at radius 2 is 1.89 bits per heavy atom. The number of aliphatic carboxylic acids is 1. The van der Waals surface area contributed by atoms with Crippen molar-refractivity contribution >= 4 is 28.3 Å². The van der Waals surface area contributed by atoms with E-state index >= 15 is 0 Å². The second-order valence-corrected chi connectivity index (χ2v) is 8.46. The van der Waals surface area contributed by atoms with Crippen molar-refractivity contribution in [2.45, 2.75) is 32.7 Å². The Morgan fingerprint density at radius 1 is 1.11 bits per heavy atom.